The molecule has 1 atom stereocenters. The Hall–Kier alpha value is -2.77. The van der Waals surface area contributed by atoms with E-state index in [9.17, 15) is 14.4 Å². The second kappa shape index (κ2) is 9.15. The third-order valence-electron chi connectivity index (χ3n) is 4.46. The lowest BCUT2D eigenvalue weighted by atomic mass is 10.1. The summed E-state index contributed by atoms with van der Waals surface area (Å²) in [5.74, 6) is -0.473. The maximum atomic E-state index is 12.2. The van der Waals surface area contributed by atoms with Gasteiger partial charge in [-0.15, -0.1) is 0 Å². The molecule has 3 rings (SSSR count). The van der Waals surface area contributed by atoms with Crippen molar-refractivity contribution in [2.75, 3.05) is 30.4 Å². The first-order valence-electron chi connectivity index (χ1n) is 8.87. The lowest BCUT2D eigenvalue weighted by Crippen LogP contribution is -2.30. The van der Waals surface area contributed by atoms with Crippen LogP contribution in [-0.4, -0.2) is 37.9 Å². The highest BCUT2D eigenvalue weighted by molar-refractivity contribution is 6.42. The molecule has 9 heteroatoms. The molecule has 1 fully saturated rings. The minimum absolute atomic E-state index is 0.103. The summed E-state index contributed by atoms with van der Waals surface area (Å²) in [4.78, 5) is 37.5. The molecule has 1 aliphatic heterocycles. The highest BCUT2D eigenvalue weighted by Gasteiger charge is 2.34. The van der Waals surface area contributed by atoms with Crippen LogP contribution in [0, 0.1) is 5.92 Å². The lowest BCUT2D eigenvalue weighted by molar-refractivity contribution is -0.125. The van der Waals surface area contributed by atoms with Gasteiger partial charge in [-0.25, -0.2) is 0 Å². The van der Waals surface area contributed by atoms with Crippen molar-refractivity contribution < 1.29 is 19.1 Å². The number of amides is 3. The number of hydrogen-bond acceptors (Lipinski definition) is 4. The zero-order chi connectivity index (χ0) is 21.0. The topological polar surface area (TPSA) is 87.7 Å². The van der Waals surface area contributed by atoms with Gasteiger partial charge in [0.1, 0.15) is 5.75 Å². The van der Waals surface area contributed by atoms with E-state index < -0.39 is 0 Å². The molecule has 29 heavy (non-hydrogen) atoms. The fraction of sp³-hybridized carbons (Fsp3) is 0.250. The fourth-order valence-corrected chi connectivity index (χ4v) is 3.28. The maximum absolute atomic E-state index is 12.2. The van der Waals surface area contributed by atoms with Crippen molar-refractivity contribution in [1.82, 2.24) is 5.32 Å². The monoisotopic (exact) mass is 435 g/mol. The van der Waals surface area contributed by atoms with Crippen molar-refractivity contribution in [3.8, 4) is 5.75 Å². The highest BCUT2D eigenvalue weighted by Crippen LogP contribution is 2.27. The van der Waals surface area contributed by atoms with E-state index in [0.717, 1.165) is 0 Å². The molecule has 1 aliphatic rings. The van der Waals surface area contributed by atoms with Gasteiger partial charge < -0.3 is 20.3 Å². The number of hydrogen-bond donors (Lipinski definition) is 2. The molecule has 0 spiro atoms. The summed E-state index contributed by atoms with van der Waals surface area (Å²) in [6.07, 6.45) is 0.187. The summed E-state index contributed by atoms with van der Waals surface area (Å²) in [6, 6.07) is 11.6. The molecule has 152 valence electrons. The lowest BCUT2D eigenvalue weighted by Gasteiger charge is -2.17. The van der Waals surface area contributed by atoms with Crippen molar-refractivity contribution in [1.29, 1.82) is 0 Å². The quantitative estimate of drug-likeness (QED) is 0.729. The molecule has 0 unspecified atom stereocenters. The van der Waals surface area contributed by atoms with Crippen molar-refractivity contribution in [3.05, 3.63) is 52.5 Å². The normalized spacial score (nSPS) is 15.9. The van der Waals surface area contributed by atoms with Gasteiger partial charge in [0.2, 0.25) is 11.8 Å². The number of halogens is 2. The number of benzene rings is 2. The van der Waals surface area contributed by atoms with E-state index in [-0.39, 0.29) is 36.7 Å². The molecular formula is C20H19Cl2N3O4. The molecule has 2 aromatic rings. The van der Waals surface area contributed by atoms with Crippen LogP contribution in [0.15, 0.2) is 42.5 Å². The van der Waals surface area contributed by atoms with Crippen LogP contribution in [0.1, 0.15) is 6.42 Å². The molecule has 3 amide bonds. The number of rotatable bonds is 6. The zero-order valence-corrected chi connectivity index (χ0v) is 17.1. The smallest absolute Gasteiger partial charge is 0.262 e. The molecule has 1 saturated heterocycles. The Morgan fingerprint density at radius 3 is 2.52 bits per heavy atom. The number of nitrogens with zero attached hydrogens (tertiary/aromatic N) is 1. The van der Waals surface area contributed by atoms with Crippen molar-refractivity contribution >= 4 is 52.3 Å². The van der Waals surface area contributed by atoms with E-state index in [4.69, 9.17) is 27.9 Å². The second-order valence-corrected chi connectivity index (χ2v) is 7.29. The molecule has 0 aromatic heterocycles. The first kappa shape index (κ1) is 21.0. The molecule has 0 bridgehead atoms. The van der Waals surface area contributed by atoms with Crippen molar-refractivity contribution in [2.45, 2.75) is 6.42 Å². The van der Waals surface area contributed by atoms with Crippen LogP contribution in [0.3, 0.4) is 0 Å². The predicted octanol–water partition coefficient (Wildman–Crippen LogP) is 3.11. The fourth-order valence-electron chi connectivity index (χ4n) is 2.98. The Morgan fingerprint density at radius 2 is 1.86 bits per heavy atom. The number of anilines is 2. The van der Waals surface area contributed by atoms with Gasteiger partial charge in [0.15, 0.2) is 6.61 Å². The van der Waals surface area contributed by atoms with Crippen LogP contribution >= 0.6 is 23.2 Å². The van der Waals surface area contributed by atoms with E-state index in [2.05, 4.69) is 10.6 Å². The van der Waals surface area contributed by atoms with Crippen LogP contribution in [0.4, 0.5) is 11.4 Å². The molecule has 0 radical (unpaired) electrons. The Bertz CT molecular complexity index is 934. The maximum Gasteiger partial charge on any atom is 0.262 e. The van der Waals surface area contributed by atoms with E-state index in [0.29, 0.717) is 33.7 Å². The minimum atomic E-state index is -0.353. The Morgan fingerprint density at radius 1 is 1.14 bits per heavy atom. The predicted molar refractivity (Wildman–Crippen MR) is 112 cm³/mol. The number of carbonyl (C=O) groups is 3. The van der Waals surface area contributed by atoms with Crippen LogP contribution in [0.25, 0.3) is 0 Å². The molecule has 2 N–H and O–H groups in total. The molecule has 0 saturated carbocycles. The summed E-state index contributed by atoms with van der Waals surface area (Å²) < 4.78 is 5.48. The van der Waals surface area contributed by atoms with Gasteiger partial charge in [0, 0.05) is 31.4 Å². The number of nitrogens with one attached hydrogen (secondary N) is 2. The highest BCUT2D eigenvalue weighted by atomic mass is 35.5. The minimum Gasteiger partial charge on any atom is -0.484 e. The molecule has 2 aromatic carbocycles. The first-order chi connectivity index (χ1) is 13.9. The van der Waals surface area contributed by atoms with Crippen LogP contribution in [-0.2, 0) is 14.4 Å². The summed E-state index contributed by atoms with van der Waals surface area (Å²) in [6.45, 7) is 0.145. The average molecular weight is 436 g/mol. The van der Waals surface area contributed by atoms with E-state index in [1.54, 1.807) is 54.4 Å². The van der Waals surface area contributed by atoms with Crippen LogP contribution in [0.5, 0.6) is 5.75 Å². The van der Waals surface area contributed by atoms with Gasteiger partial charge in [-0.3, -0.25) is 14.4 Å². The van der Waals surface area contributed by atoms with Crippen LogP contribution in [0.2, 0.25) is 10.0 Å². The first-order valence-corrected chi connectivity index (χ1v) is 9.62. The average Bonchev–Trinajstić information content (AvgIpc) is 3.10. The largest absolute Gasteiger partial charge is 0.484 e. The van der Waals surface area contributed by atoms with Crippen molar-refractivity contribution in [2.24, 2.45) is 5.92 Å². The molecular weight excluding hydrogens is 417 g/mol. The summed E-state index contributed by atoms with van der Waals surface area (Å²) in [5, 5.41) is 5.98. The Balaban J connectivity index is 1.54. The second-order valence-electron chi connectivity index (χ2n) is 6.48. The van der Waals surface area contributed by atoms with Crippen molar-refractivity contribution in [3.63, 3.8) is 0 Å². The Kier molecular flexibility index (Phi) is 6.61. The summed E-state index contributed by atoms with van der Waals surface area (Å²) >= 11 is 11.8. The molecule has 0 aliphatic carbocycles. The van der Waals surface area contributed by atoms with Gasteiger partial charge in [0.05, 0.1) is 16.0 Å². The van der Waals surface area contributed by atoms with Gasteiger partial charge in [-0.1, -0.05) is 23.2 Å². The van der Waals surface area contributed by atoms with Gasteiger partial charge in [-0.2, -0.15) is 0 Å². The van der Waals surface area contributed by atoms with Gasteiger partial charge in [-0.05, 0) is 42.5 Å². The van der Waals surface area contributed by atoms with E-state index in [1.807, 2.05) is 0 Å². The summed E-state index contributed by atoms with van der Waals surface area (Å²) in [5.41, 5.74) is 1.19. The Labute approximate surface area is 177 Å². The third-order valence-corrected chi connectivity index (χ3v) is 5.20. The van der Waals surface area contributed by atoms with Crippen LogP contribution < -0.4 is 20.3 Å². The van der Waals surface area contributed by atoms with E-state index in [1.165, 1.54) is 0 Å². The summed E-state index contributed by atoms with van der Waals surface area (Å²) in [7, 11) is 1.55. The SMILES string of the molecule is CNC(=O)[C@@H]1CC(=O)N(c2ccc(OCC(=O)Nc3ccc(Cl)c(Cl)c3)cc2)C1. The van der Waals surface area contributed by atoms with Gasteiger partial charge in [0.25, 0.3) is 5.91 Å². The zero-order valence-electron chi connectivity index (χ0n) is 15.6. The standard InChI is InChI=1S/C20H19Cl2N3O4/c1-23-20(28)12-8-19(27)25(10-12)14-3-5-15(6-4-14)29-11-18(26)24-13-2-7-16(21)17(22)9-13/h2-7,9,12H,8,10-11H2,1H3,(H,23,28)(H,24,26)/t12-/m1/s1. The number of carbonyl (C=O) groups excluding carboxylic acids is 3. The molecule has 7 nitrogen and oxygen atoms in total. The van der Waals surface area contributed by atoms with E-state index >= 15 is 0 Å². The molecule has 1 heterocycles. The number of ether oxygens (including phenoxy) is 1. The third kappa shape index (κ3) is 5.19. The van der Waals surface area contributed by atoms with Gasteiger partial charge >= 0.3 is 0 Å².